The van der Waals surface area contributed by atoms with E-state index >= 15 is 0 Å². The molecule has 90 valence electrons. The van der Waals surface area contributed by atoms with Crippen molar-refractivity contribution in [3.05, 3.63) is 24.3 Å². The summed E-state index contributed by atoms with van der Waals surface area (Å²) < 4.78 is 9.00. The van der Waals surface area contributed by atoms with Crippen LogP contribution in [-0.4, -0.2) is 26.2 Å². The van der Waals surface area contributed by atoms with Crippen molar-refractivity contribution in [3.8, 4) is 0 Å². The molecular weight excluding hydrogens is 208 g/mol. The van der Waals surface area contributed by atoms with Gasteiger partial charge < -0.3 is 9.47 Å². The summed E-state index contributed by atoms with van der Waals surface area (Å²) >= 11 is 0. The molecule has 0 aromatic heterocycles. The van der Waals surface area contributed by atoms with Gasteiger partial charge in [-0.05, 0) is 6.42 Å². The maximum absolute atomic E-state index is 11.2. The van der Waals surface area contributed by atoms with Gasteiger partial charge in [0.05, 0.1) is 14.2 Å². The summed E-state index contributed by atoms with van der Waals surface area (Å²) in [6.07, 6.45) is 8.88. The van der Waals surface area contributed by atoms with E-state index in [0.717, 1.165) is 12.8 Å². The monoisotopic (exact) mass is 226 g/mol. The van der Waals surface area contributed by atoms with E-state index in [4.69, 9.17) is 0 Å². The molecule has 0 saturated carbocycles. The van der Waals surface area contributed by atoms with Crippen molar-refractivity contribution in [2.24, 2.45) is 5.92 Å². The number of carbonyl (C=O) groups excluding carboxylic acids is 2. The molecule has 4 heteroatoms. The largest absolute Gasteiger partial charge is 0.468 e. The van der Waals surface area contributed by atoms with Gasteiger partial charge in [-0.2, -0.15) is 0 Å². The molecule has 0 aliphatic carbocycles. The highest BCUT2D eigenvalue weighted by molar-refractivity contribution is 5.96. The summed E-state index contributed by atoms with van der Waals surface area (Å²) in [5.41, 5.74) is 0. The average molecular weight is 226 g/mol. The zero-order valence-electron chi connectivity index (χ0n) is 9.93. The third-order valence-corrected chi connectivity index (χ3v) is 1.92. The molecule has 4 nitrogen and oxygen atoms in total. The maximum atomic E-state index is 11.2. The van der Waals surface area contributed by atoms with E-state index in [9.17, 15) is 9.59 Å². The summed E-state index contributed by atoms with van der Waals surface area (Å²) in [6.45, 7) is 2.07. The lowest BCUT2D eigenvalue weighted by molar-refractivity contribution is -0.156. The lowest BCUT2D eigenvalue weighted by Gasteiger charge is -2.06. The quantitative estimate of drug-likeness (QED) is 0.394. The molecule has 0 aromatic rings. The molecule has 0 spiro atoms. The number of hydrogen-bond donors (Lipinski definition) is 0. The molecule has 0 bridgehead atoms. The minimum absolute atomic E-state index is 0.619. The fourth-order valence-corrected chi connectivity index (χ4v) is 1.02. The Morgan fingerprint density at radius 1 is 1.12 bits per heavy atom. The van der Waals surface area contributed by atoms with Crippen LogP contribution >= 0.6 is 0 Å². The van der Waals surface area contributed by atoms with Gasteiger partial charge in [-0.25, -0.2) is 0 Å². The number of rotatable bonds is 6. The Labute approximate surface area is 95.9 Å². The zero-order chi connectivity index (χ0) is 12.4. The van der Waals surface area contributed by atoms with Crippen molar-refractivity contribution in [2.45, 2.75) is 19.8 Å². The number of ether oxygens (including phenoxy) is 2. The van der Waals surface area contributed by atoms with E-state index in [1.165, 1.54) is 20.3 Å². The van der Waals surface area contributed by atoms with E-state index in [1.54, 1.807) is 12.2 Å². The highest BCUT2D eigenvalue weighted by atomic mass is 16.5. The van der Waals surface area contributed by atoms with E-state index in [0.29, 0.717) is 0 Å². The van der Waals surface area contributed by atoms with Gasteiger partial charge in [0.15, 0.2) is 5.92 Å². The lowest BCUT2D eigenvalue weighted by Crippen LogP contribution is -2.24. The predicted molar refractivity (Wildman–Crippen MR) is 60.7 cm³/mol. The first-order valence-electron chi connectivity index (χ1n) is 5.16. The Bertz CT molecular complexity index is 263. The van der Waals surface area contributed by atoms with Gasteiger partial charge in [-0.15, -0.1) is 0 Å². The van der Waals surface area contributed by atoms with E-state index in [-0.39, 0.29) is 0 Å². The van der Waals surface area contributed by atoms with Crippen molar-refractivity contribution in [1.82, 2.24) is 0 Å². The summed E-state index contributed by atoms with van der Waals surface area (Å²) in [6, 6.07) is 0. The number of esters is 2. The number of methoxy groups -OCH3 is 2. The van der Waals surface area contributed by atoms with Crippen molar-refractivity contribution >= 4 is 11.9 Å². The zero-order valence-corrected chi connectivity index (χ0v) is 9.93. The average Bonchev–Trinajstić information content (AvgIpc) is 2.32. The van der Waals surface area contributed by atoms with E-state index in [1.807, 2.05) is 6.08 Å². The van der Waals surface area contributed by atoms with Gasteiger partial charge in [0.25, 0.3) is 0 Å². The molecule has 0 amide bonds. The second-order valence-corrected chi connectivity index (χ2v) is 3.13. The van der Waals surface area contributed by atoms with Gasteiger partial charge in [-0.3, -0.25) is 9.59 Å². The standard InChI is InChI=1S/C12H18O4/c1-4-5-6-7-8-9-10(11(13)15-2)12(14)16-3/h6-10H,4-5H2,1-3H3. The molecule has 0 N–H and O–H groups in total. The summed E-state index contributed by atoms with van der Waals surface area (Å²) in [5.74, 6) is -2.22. The minimum atomic E-state index is -0.985. The van der Waals surface area contributed by atoms with Gasteiger partial charge in [0.1, 0.15) is 0 Å². The van der Waals surface area contributed by atoms with Crippen LogP contribution in [0.1, 0.15) is 19.8 Å². The molecule has 0 unspecified atom stereocenters. The SMILES string of the molecule is CCCC=CC=CC(C(=O)OC)C(=O)OC. The van der Waals surface area contributed by atoms with Crippen LogP contribution in [0, 0.1) is 5.92 Å². The molecule has 16 heavy (non-hydrogen) atoms. The van der Waals surface area contributed by atoms with Crippen molar-refractivity contribution < 1.29 is 19.1 Å². The van der Waals surface area contributed by atoms with E-state index < -0.39 is 17.9 Å². The molecule has 0 radical (unpaired) electrons. The first-order chi connectivity index (χ1) is 7.67. The highest BCUT2D eigenvalue weighted by Crippen LogP contribution is 2.04. The number of unbranched alkanes of at least 4 members (excludes halogenated alkanes) is 1. The number of carbonyl (C=O) groups is 2. The van der Waals surface area contributed by atoms with Gasteiger partial charge in [0.2, 0.25) is 0 Å². The normalized spacial score (nSPS) is 11.2. The fourth-order valence-electron chi connectivity index (χ4n) is 1.02. The van der Waals surface area contributed by atoms with Crippen molar-refractivity contribution in [2.75, 3.05) is 14.2 Å². The second kappa shape index (κ2) is 8.71. The first-order valence-corrected chi connectivity index (χ1v) is 5.16. The Morgan fingerprint density at radius 2 is 1.69 bits per heavy atom. The molecule has 0 atom stereocenters. The van der Waals surface area contributed by atoms with Crippen LogP contribution < -0.4 is 0 Å². The van der Waals surface area contributed by atoms with Crippen LogP contribution in [0.4, 0.5) is 0 Å². The van der Waals surface area contributed by atoms with Gasteiger partial charge >= 0.3 is 11.9 Å². The van der Waals surface area contributed by atoms with Gasteiger partial charge in [-0.1, -0.05) is 37.6 Å². The number of allylic oxidation sites excluding steroid dienone is 3. The van der Waals surface area contributed by atoms with Crippen LogP contribution in [0.15, 0.2) is 24.3 Å². The molecular formula is C12H18O4. The summed E-state index contributed by atoms with van der Waals surface area (Å²) in [4.78, 5) is 22.5. The van der Waals surface area contributed by atoms with Crippen molar-refractivity contribution in [1.29, 1.82) is 0 Å². The molecule has 0 aliphatic heterocycles. The molecule has 0 aromatic carbocycles. The fraction of sp³-hybridized carbons (Fsp3) is 0.500. The van der Waals surface area contributed by atoms with Crippen LogP contribution in [0.25, 0.3) is 0 Å². The Balaban J connectivity index is 4.43. The minimum Gasteiger partial charge on any atom is -0.468 e. The smallest absolute Gasteiger partial charge is 0.323 e. The Morgan fingerprint density at radius 3 is 2.12 bits per heavy atom. The Kier molecular flexibility index (Phi) is 7.85. The molecule has 0 heterocycles. The molecule has 0 rings (SSSR count). The number of hydrogen-bond acceptors (Lipinski definition) is 4. The lowest BCUT2D eigenvalue weighted by atomic mass is 10.1. The van der Waals surface area contributed by atoms with Crippen LogP contribution in [0.5, 0.6) is 0 Å². The van der Waals surface area contributed by atoms with Crippen molar-refractivity contribution in [3.63, 3.8) is 0 Å². The molecule has 0 saturated heterocycles. The topological polar surface area (TPSA) is 52.6 Å². The second-order valence-electron chi connectivity index (χ2n) is 3.13. The molecule has 0 fully saturated rings. The van der Waals surface area contributed by atoms with Crippen LogP contribution in [0.2, 0.25) is 0 Å². The predicted octanol–water partition coefficient (Wildman–Crippen LogP) is 1.86. The first kappa shape index (κ1) is 14.4. The maximum Gasteiger partial charge on any atom is 0.323 e. The third-order valence-electron chi connectivity index (χ3n) is 1.92. The molecule has 0 aliphatic rings. The van der Waals surface area contributed by atoms with Gasteiger partial charge in [0, 0.05) is 0 Å². The third kappa shape index (κ3) is 5.34. The summed E-state index contributed by atoms with van der Waals surface area (Å²) in [5, 5.41) is 0. The summed E-state index contributed by atoms with van der Waals surface area (Å²) in [7, 11) is 2.47. The van der Waals surface area contributed by atoms with E-state index in [2.05, 4.69) is 16.4 Å². The Hall–Kier alpha value is -1.58. The van der Waals surface area contributed by atoms with Crippen LogP contribution in [-0.2, 0) is 19.1 Å². The van der Waals surface area contributed by atoms with Crippen LogP contribution in [0.3, 0.4) is 0 Å². The highest BCUT2D eigenvalue weighted by Gasteiger charge is 2.25.